The summed E-state index contributed by atoms with van der Waals surface area (Å²) in [5.41, 5.74) is 0. The van der Waals surface area contributed by atoms with Crippen LogP contribution in [0.2, 0.25) is 0 Å². The van der Waals surface area contributed by atoms with E-state index in [-0.39, 0.29) is 6.07 Å². The average Bonchev–Trinajstić information content (AvgIpc) is 2.11. The molecular formula is C9H10F5N. The molecule has 0 atom stereocenters. The summed E-state index contributed by atoms with van der Waals surface area (Å²) in [4.78, 5) is 2.00. The molecule has 1 rings (SSSR count). The molecule has 0 radical (unpaired) electrons. The van der Waals surface area contributed by atoms with Crippen LogP contribution < -0.4 is 0 Å². The van der Waals surface area contributed by atoms with Crippen molar-refractivity contribution in [3.05, 3.63) is 35.2 Å². The number of benzene rings is 1. The van der Waals surface area contributed by atoms with Gasteiger partial charge in [0.2, 0.25) is 5.82 Å². The minimum atomic E-state index is -2.14. The molecule has 0 bridgehead atoms. The van der Waals surface area contributed by atoms with Crippen molar-refractivity contribution >= 4 is 0 Å². The summed E-state index contributed by atoms with van der Waals surface area (Å²) in [7, 11) is 6.00. The van der Waals surface area contributed by atoms with E-state index >= 15 is 0 Å². The Balaban J connectivity index is 0.000000423. The highest BCUT2D eigenvalue weighted by atomic mass is 19.2. The van der Waals surface area contributed by atoms with Crippen LogP contribution in [0.15, 0.2) is 6.07 Å². The number of hydrogen-bond donors (Lipinski definition) is 0. The Hall–Kier alpha value is -1.17. The van der Waals surface area contributed by atoms with Gasteiger partial charge in [0.1, 0.15) is 0 Å². The minimum Gasteiger partial charge on any atom is -0.312 e. The molecule has 0 heterocycles. The number of halogens is 5. The van der Waals surface area contributed by atoms with Gasteiger partial charge in [-0.2, -0.15) is 0 Å². The van der Waals surface area contributed by atoms with Gasteiger partial charge in [-0.15, -0.1) is 0 Å². The molecule has 0 N–H and O–H groups in total. The van der Waals surface area contributed by atoms with Gasteiger partial charge in [0.15, 0.2) is 23.3 Å². The molecule has 0 aromatic heterocycles. The van der Waals surface area contributed by atoms with E-state index in [1.54, 1.807) is 0 Å². The van der Waals surface area contributed by atoms with Gasteiger partial charge in [-0.05, 0) is 21.1 Å². The molecule has 0 amide bonds. The minimum absolute atomic E-state index is 0.0618. The summed E-state index contributed by atoms with van der Waals surface area (Å²) in [6.07, 6.45) is 0. The molecule has 0 fully saturated rings. The maximum Gasteiger partial charge on any atom is 0.200 e. The highest BCUT2D eigenvalue weighted by molar-refractivity contribution is 5.12. The van der Waals surface area contributed by atoms with Crippen molar-refractivity contribution in [2.45, 2.75) is 0 Å². The SMILES string of the molecule is CN(C)C.Fc1cc(F)c(F)c(F)c1F. The molecule has 15 heavy (non-hydrogen) atoms. The Morgan fingerprint density at radius 1 is 0.733 bits per heavy atom. The molecule has 0 saturated heterocycles. The first kappa shape index (κ1) is 13.8. The molecule has 0 aliphatic rings. The molecular weight excluding hydrogens is 217 g/mol. The summed E-state index contributed by atoms with van der Waals surface area (Å²) >= 11 is 0. The normalized spacial score (nSPS) is 9.93. The zero-order valence-corrected chi connectivity index (χ0v) is 8.41. The fourth-order valence-corrected chi connectivity index (χ4v) is 0.544. The van der Waals surface area contributed by atoms with E-state index in [9.17, 15) is 22.0 Å². The Morgan fingerprint density at radius 2 is 1.00 bits per heavy atom. The second-order valence-electron chi connectivity index (χ2n) is 3.12. The van der Waals surface area contributed by atoms with E-state index in [1.165, 1.54) is 0 Å². The van der Waals surface area contributed by atoms with Crippen LogP contribution in [0.5, 0.6) is 0 Å². The van der Waals surface area contributed by atoms with E-state index < -0.39 is 29.1 Å². The fourth-order valence-electron chi connectivity index (χ4n) is 0.544. The van der Waals surface area contributed by atoms with E-state index in [0.717, 1.165) is 0 Å². The van der Waals surface area contributed by atoms with Gasteiger partial charge >= 0.3 is 0 Å². The van der Waals surface area contributed by atoms with Crippen molar-refractivity contribution in [1.82, 2.24) is 4.90 Å². The first-order valence-electron chi connectivity index (χ1n) is 3.86. The summed E-state index contributed by atoms with van der Waals surface area (Å²) in [6.45, 7) is 0. The molecule has 1 nitrogen and oxygen atoms in total. The van der Waals surface area contributed by atoms with E-state index in [1.807, 2.05) is 26.0 Å². The van der Waals surface area contributed by atoms with Crippen molar-refractivity contribution in [2.24, 2.45) is 0 Å². The Labute approximate surface area is 84.1 Å². The van der Waals surface area contributed by atoms with E-state index in [4.69, 9.17) is 0 Å². The zero-order chi connectivity index (χ0) is 12.2. The third kappa shape index (κ3) is 4.24. The van der Waals surface area contributed by atoms with Gasteiger partial charge in [0.05, 0.1) is 0 Å². The largest absolute Gasteiger partial charge is 0.312 e. The van der Waals surface area contributed by atoms with E-state index in [2.05, 4.69) is 0 Å². The molecule has 1 aromatic rings. The Morgan fingerprint density at radius 3 is 1.27 bits per heavy atom. The molecule has 0 aliphatic heterocycles. The molecule has 0 saturated carbocycles. The van der Waals surface area contributed by atoms with Crippen molar-refractivity contribution in [3.8, 4) is 0 Å². The topological polar surface area (TPSA) is 3.24 Å². The Kier molecular flexibility index (Phi) is 5.21. The zero-order valence-electron chi connectivity index (χ0n) is 8.41. The maximum atomic E-state index is 12.0. The lowest BCUT2D eigenvalue weighted by Crippen LogP contribution is -1.99. The standard InChI is InChI=1S/C6HF5.C3H9N/c7-2-1-3(8)5(10)6(11)4(2)9;1-4(2)3/h1H;1-3H3. The summed E-state index contributed by atoms with van der Waals surface area (Å²) < 4.78 is 60.0. The second-order valence-corrected chi connectivity index (χ2v) is 3.12. The van der Waals surface area contributed by atoms with Crippen LogP contribution in [0.4, 0.5) is 22.0 Å². The quantitative estimate of drug-likeness (QED) is 0.374. The van der Waals surface area contributed by atoms with Crippen LogP contribution >= 0.6 is 0 Å². The van der Waals surface area contributed by atoms with Crippen molar-refractivity contribution in [2.75, 3.05) is 21.1 Å². The lowest BCUT2D eigenvalue weighted by atomic mass is 10.3. The lowest BCUT2D eigenvalue weighted by Gasteiger charge is -1.96. The van der Waals surface area contributed by atoms with Crippen LogP contribution in [0, 0.1) is 29.1 Å². The van der Waals surface area contributed by atoms with E-state index in [0.29, 0.717) is 0 Å². The molecule has 0 unspecified atom stereocenters. The summed E-state index contributed by atoms with van der Waals surface area (Å²) in [5, 5.41) is 0. The van der Waals surface area contributed by atoms with Gasteiger partial charge in [0.25, 0.3) is 0 Å². The van der Waals surface area contributed by atoms with Crippen molar-refractivity contribution in [1.29, 1.82) is 0 Å². The van der Waals surface area contributed by atoms with Crippen LogP contribution in [-0.4, -0.2) is 26.0 Å². The third-order valence-electron chi connectivity index (χ3n) is 1.06. The van der Waals surface area contributed by atoms with Crippen molar-refractivity contribution in [3.63, 3.8) is 0 Å². The van der Waals surface area contributed by atoms with Crippen LogP contribution in [0.3, 0.4) is 0 Å². The highest BCUT2D eigenvalue weighted by Gasteiger charge is 2.18. The molecule has 86 valence electrons. The number of nitrogens with zero attached hydrogens (tertiary/aromatic N) is 1. The van der Waals surface area contributed by atoms with Gasteiger partial charge in [-0.1, -0.05) is 0 Å². The van der Waals surface area contributed by atoms with Crippen LogP contribution in [0.25, 0.3) is 0 Å². The van der Waals surface area contributed by atoms with Gasteiger partial charge < -0.3 is 4.90 Å². The number of rotatable bonds is 0. The fraction of sp³-hybridized carbons (Fsp3) is 0.333. The first-order valence-corrected chi connectivity index (χ1v) is 3.86. The molecule has 6 heteroatoms. The smallest absolute Gasteiger partial charge is 0.200 e. The van der Waals surface area contributed by atoms with Crippen LogP contribution in [0.1, 0.15) is 0 Å². The second kappa shape index (κ2) is 5.65. The van der Waals surface area contributed by atoms with Crippen molar-refractivity contribution < 1.29 is 22.0 Å². The van der Waals surface area contributed by atoms with Gasteiger partial charge in [-0.3, -0.25) is 0 Å². The van der Waals surface area contributed by atoms with Crippen LogP contribution in [-0.2, 0) is 0 Å². The third-order valence-corrected chi connectivity index (χ3v) is 1.06. The predicted octanol–water partition coefficient (Wildman–Crippen LogP) is 2.56. The molecule has 0 aliphatic carbocycles. The summed E-state index contributed by atoms with van der Waals surface area (Å²) in [5.74, 6) is -9.65. The highest BCUT2D eigenvalue weighted by Crippen LogP contribution is 2.16. The average molecular weight is 227 g/mol. The Bertz CT molecular complexity index is 309. The first-order chi connectivity index (χ1) is 6.77. The summed E-state index contributed by atoms with van der Waals surface area (Å²) in [6, 6.07) is -0.0618. The number of hydrogen-bond acceptors (Lipinski definition) is 1. The molecule has 1 aromatic carbocycles. The molecule has 0 spiro atoms. The van der Waals surface area contributed by atoms with Gasteiger partial charge in [-0.25, -0.2) is 22.0 Å². The van der Waals surface area contributed by atoms with Gasteiger partial charge in [0, 0.05) is 6.07 Å². The lowest BCUT2D eigenvalue weighted by molar-refractivity contribution is 0.378. The maximum absolute atomic E-state index is 12.0. The predicted molar refractivity (Wildman–Crippen MR) is 45.8 cm³/mol. The monoisotopic (exact) mass is 227 g/mol.